The van der Waals surface area contributed by atoms with E-state index in [1.54, 1.807) is 6.55 Å². The first-order valence-electron chi connectivity index (χ1n) is 1.16. The predicted molar refractivity (Wildman–Crippen MR) is 16.2 cm³/mol. The van der Waals surface area contributed by atoms with Gasteiger partial charge in [0, 0.05) is 0 Å². The van der Waals surface area contributed by atoms with E-state index in [4.69, 9.17) is 5.26 Å². The van der Waals surface area contributed by atoms with E-state index in [2.05, 4.69) is 4.58 Å². The maximum atomic E-state index is 8.86. The Kier molecular flexibility index (Phi) is 3.24. The van der Waals surface area contributed by atoms with E-state index >= 15 is 0 Å². The van der Waals surface area contributed by atoms with Gasteiger partial charge in [0.05, 0.1) is 0 Å². The van der Waals surface area contributed by atoms with Gasteiger partial charge in [0.15, 0.2) is 0 Å². The zero-order chi connectivity index (χ0) is 3.41. The molecule has 4 heavy (non-hydrogen) atoms. The van der Waals surface area contributed by atoms with Crippen LogP contribution >= 0.6 is 0 Å². The molecule has 0 rings (SSSR count). The van der Waals surface area contributed by atoms with Crippen LogP contribution in [0.2, 0.25) is 6.55 Å². The van der Waals surface area contributed by atoms with Crippen LogP contribution in [0, 0.1) is 0 Å². The Labute approximate surface area is 27.3 Å². The normalized spacial score (nSPS) is 10.5. The lowest BCUT2D eigenvalue weighted by molar-refractivity contribution is -0.209. The van der Waals surface area contributed by atoms with Crippen molar-refractivity contribution in [1.29, 1.82) is 0 Å². The van der Waals surface area contributed by atoms with Crippen LogP contribution in [0.5, 0.6) is 0 Å². The predicted octanol–water partition coefficient (Wildman–Crippen LogP) is -0.520. The molecule has 0 saturated heterocycles. The Morgan fingerprint density at radius 3 is 2.25 bits per heavy atom. The molecule has 0 aliphatic carbocycles. The molecule has 0 fully saturated rings. The van der Waals surface area contributed by atoms with Crippen molar-refractivity contribution in [3.8, 4) is 0 Å². The zero-order valence-electron chi connectivity index (χ0n) is 2.52. The molecule has 0 spiro atoms. The topological polar surface area (TPSA) is 29.1 Å². The summed E-state index contributed by atoms with van der Waals surface area (Å²) < 4.78 is 3.43. The Balaban J connectivity index is 1.97. The molecule has 0 bridgehead atoms. The van der Waals surface area contributed by atoms with Crippen LogP contribution in [0.3, 0.4) is 0 Å². The van der Waals surface area contributed by atoms with E-state index in [-0.39, 0.29) is 0 Å². The van der Waals surface area contributed by atoms with Crippen LogP contribution in [0.1, 0.15) is 0 Å². The van der Waals surface area contributed by atoms with Crippen molar-refractivity contribution in [2.45, 2.75) is 6.55 Å². The summed E-state index contributed by atoms with van der Waals surface area (Å²) in [6.07, 6.45) is 0. The van der Waals surface area contributed by atoms with Gasteiger partial charge in [-0.15, -0.1) is 0 Å². The summed E-state index contributed by atoms with van der Waals surface area (Å²) in [4.78, 5) is 0. The van der Waals surface area contributed by atoms with E-state index in [0.29, 0.717) is 0 Å². The van der Waals surface area contributed by atoms with Gasteiger partial charge in [0.1, 0.15) is 0 Å². The summed E-state index contributed by atoms with van der Waals surface area (Å²) in [7, 11) is -0.631. The van der Waals surface area contributed by atoms with Gasteiger partial charge >= 0.3 is 0 Å². The highest BCUT2D eigenvalue weighted by Gasteiger charge is 1.61. The minimum absolute atomic E-state index is 0.631. The minimum atomic E-state index is -0.631. The van der Waals surface area contributed by atoms with Gasteiger partial charge in [-0.25, -0.2) is 0 Å². The second-order valence-electron chi connectivity index (χ2n) is 0.407. The molecule has 2 nitrogen and oxygen atoms in total. The zero-order valence-corrected chi connectivity index (χ0v) is 3.94. The molecule has 0 aromatic rings. The molecule has 1 radical (unpaired) electrons. The lowest BCUT2D eigenvalue weighted by atomic mass is 11.9. The van der Waals surface area contributed by atoms with Gasteiger partial charge in [0.25, 0.3) is 0 Å². The fourth-order valence-corrected chi connectivity index (χ4v) is 0. The number of hydrogen-bond acceptors (Lipinski definition) is 1. The third-order valence-electron chi connectivity index (χ3n) is 0.118. The molecule has 0 aliphatic rings. The van der Waals surface area contributed by atoms with Crippen LogP contribution in [-0.4, -0.2) is 9.76 Å². The first kappa shape index (κ1) is 4.14. The second kappa shape index (κ2) is 3.14. The van der Waals surface area contributed by atoms with Crippen molar-refractivity contribution in [1.82, 2.24) is 0 Å². The lowest BCUT2D eigenvalue weighted by Crippen LogP contribution is -1.78. The summed E-state index contributed by atoms with van der Waals surface area (Å²) in [5, 5.41) is 8.86. The molecule has 0 aromatic carbocycles. The monoisotopic (exact) mass is 77.0 g/mol. The van der Waals surface area contributed by atoms with Gasteiger partial charge < -0.3 is 0 Å². The molecule has 0 heterocycles. The fourth-order valence-electron chi connectivity index (χ4n) is 0. The summed E-state index contributed by atoms with van der Waals surface area (Å²) in [5.74, 6) is 0. The Morgan fingerprint density at radius 1 is 2.00 bits per heavy atom. The highest BCUT2D eigenvalue weighted by atomic mass is 28.2. The standard InChI is InChI=1S/CH5O2Si/c1-4-3-2/h4H2,1H3. The average molecular weight is 77.1 g/mol. The molecule has 0 aliphatic heterocycles. The summed E-state index contributed by atoms with van der Waals surface area (Å²) in [5.41, 5.74) is 0. The Morgan fingerprint density at radius 2 is 2.25 bits per heavy atom. The molecular weight excluding hydrogens is 72.1 g/mol. The largest absolute Gasteiger partial charge is 0.263 e. The molecule has 0 unspecified atom stereocenters. The van der Waals surface area contributed by atoms with E-state index in [1.807, 2.05) is 0 Å². The SMILES string of the molecule is C[SiH2]O[O]. The molecule has 0 N–H and O–H groups in total. The molecule has 0 amide bonds. The van der Waals surface area contributed by atoms with Gasteiger partial charge in [-0.1, -0.05) is 5.26 Å². The smallest absolute Gasteiger partial charge is 0.210 e. The summed E-state index contributed by atoms with van der Waals surface area (Å²) >= 11 is 0. The van der Waals surface area contributed by atoms with Gasteiger partial charge in [-0.05, 0) is 6.55 Å². The number of rotatable bonds is 1. The quantitative estimate of drug-likeness (QED) is 0.235. The average Bonchev–Trinajstić information content (AvgIpc) is 1.37. The maximum Gasteiger partial charge on any atom is 0.210 e. The van der Waals surface area contributed by atoms with E-state index in [1.165, 1.54) is 0 Å². The van der Waals surface area contributed by atoms with Crippen molar-refractivity contribution < 1.29 is 9.83 Å². The highest BCUT2D eigenvalue weighted by molar-refractivity contribution is 6.24. The van der Waals surface area contributed by atoms with Crippen LogP contribution < -0.4 is 0 Å². The molecule has 0 atom stereocenters. The van der Waals surface area contributed by atoms with Gasteiger partial charge in [-0.3, -0.25) is 4.58 Å². The van der Waals surface area contributed by atoms with Gasteiger partial charge in [0.2, 0.25) is 9.76 Å². The molecule has 0 aromatic heterocycles. The van der Waals surface area contributed by atoms with Crippen LogP contribution in [0.25, 0.3) is 0 Å². The summed E-state index contributed by atoms with van der Waals surface area (Å²) in [6.45, 7) is 1.78. The van der Waals surface area contributed by atoms with Crippen LogP contribution in [-0.2, 0) is 9.83 Å². The first-order chi connectivity index (χ1) is 1.91. The van der Waals surface area contributed by atoms with Crippen molar-refractivity contribution in [2.75, 3.05) is 0 Å². The maximum absolute atomic E-state index is 8.86. The molecule has 25 valence electrons. The number of hydrogen-bond donors (Lipinski definition) is 0. The minimum Gasteiger partial charge on any atom is -0.263 e. The lowest BCUT2D eigenvalue weighted by Gasteiger charge is -1.67. The van der Waals surface area contributed by atoms with Gasteiger partial charge in [-0.2, -0.15) is 0 Å². The van der Waals surface area contributed by atoms with E-state index < -0.39 is 9.76 Å². The third-order valence-corrected chi connectivity index (χ3v) is 0.354. The van der Waals surface area contributed by atoms with Crippen molar-refractivity contribution in [2.24, 2.45) is 0 Å². The van der Waals surface area contributed by atoms with Crippen molar-refractivity contribution in [3.05, 3.63) is 0 Å². The second-order valence-corrected chi connectivity index (χ2v) is 1.22. The Bertz CT molecular complexity index is 8.00. The van der Waals surface area contributed by atoms with E-state index in [9.17, 15) is 0 Å². The van der Waals surface area contributed by atoms with Crippen molar-refractivity contribution >= 4 is 9.76 Å². The first-order valence-corrected chi connectivity index (χ1v) is 3.15. The van der Waals surface area contributed by atoms with Crippen LogP contribution in [0.4, 0.5) is 0 Å². The van der Waals surface area contributed by atoms with E-state index in [0.717, 1.165) is 0 Å². The highest BCUT2D eigenvalue weighted by Crippen LogP contribution is 1.49. The summed E-state index contributed by atoms with van der Waals surface area (Å²) in [6, 6.07) is 0. The fraction of sp³-hybridized carbons (Fsp3) is 1.00. The van der Waals surface area contributed by atoms with Crippen LogP contribution in [0.15, 0.2) is 0 Å². The molecule has 0 saturated carbocycles. The Hall–Kier alpha value is 0.137. The van der Waals surface area contributed by atoms with Crippen molar-refractivity contribution in [3.63, 3.8) is 0 Å². The molecular formula is CH5O2Si. The molecule has 3 heteroatoms. The third kappa shape index (κ3) is 2.14.